The summed E-state index contributed by atoms with van der Waals surface area (Å²) in [5, 5.41) is 12.8. The zero-order valence-electron chi connectivity index (χ0n) is 16.6. The van der Waals surface area contributed by atoms with E-state index in [9.17, 15) is 0 Å². The number of nitrogens with zero attached hydrogens (tertiary/aromatic N) is 6. The lowest BCUT2D eigenvalue weighted by molar-refractivity contribution is 0.197. The first-order valence-corrected chi connectivity index (χ1v) is 9.53. The van der Waals surface area contributed by atoms with E-state index in [-0.39, 0.29) is 11.6 Å². The van der Waals surface area contributed by atoms with Crippen LogP contribution in [0, 0.1) is 0 Å². The van der Waals surface area contributed by atoms with Crippen molar-refractivity contribution in [3.05, 3.63) is 71.8 Å². The Morgan fingerprint density at radius 1 is 1.07 bits per heavy atom. The first-order chi connectivity index (χ1) is 13.1. The quantitative estimate of drug-likeness (QED) is 0.608. The zero-order chi connectivity index (χ0) is 19.3. The van der Waals surface area contributed by atoms with Gasteiger partial charge in [0.2, 0.25) is 0 Å². The van der Waals surface area contributed by atoms with E-state index in [1.807, 2.05) is 23.0 Å². The van der Waals surface area contributed by atoms with Gasteiger partial charge in [-0.05, 0) is 54.4 Å². The van der Waals surface area contributed by atoms with Gasteiger partial charge in [-0.15, -0.1) is 5.10 Å². The molecule has 0 radical (unpaired) electrons. The van der Waals surface area contributed by atoms with Gasteiger partial charge in [0.05, 0.1) is 11.6 Å². The van der Waals surface area contributed by atoms with E-state index in [4.69, 9.17) is 0 Å². The van der Waals surface area contributed by atoms with E-state index in [0.29, 0.717) is 0 Å². The predicted molar refractivity (Wildman–Crippen MR) is 106 cm³/mol. The summed E-state index contributed by atoms with van der Waals surface area (Å²) in [4.78, 5) is 6.74. The van der Waals surface area contributed by atoms with Crippen molar-refractivity contribution in [1.82, 2.24) is 30.1 Å². The second kappa shape index (κ2) is 8.39. The van der Waals surface area contributed by atoms with Crippen molar-refractivity contribution in [2.24, 2.45) is 0 Å². The molecule has 0 fully saturated rings. The van der Waals surface area contributed by atoms with Crippen molar-refractivity contribution in [3.8, 4) is 0 Å². The molecule has 0 saturated carbocycles. The van der Waals surface area contributed by atoms with Gasteiger partial charge < -0.3 is 0 Å². The van der Waals surface area contributed by atoms with E-state index in [1.165, 1.54) is 5.56 Å². The molecule has 1 atom stereocenters. The van der Waals surface area contributed by atoms with Gasteiger partial charge in [-0.3, -0.25) is 9.88 Å². The van der Waals surface area contributed by atoms with Gasteiger partial charge in [0, 0.05) is 18.9 Å². The number of hydrogen-bond donors (Lipinski definition) is 0. The van der Waals surface area contributed by atoms with Crippen LogP contribution < -0.4 is 0 Å². The Morgan fingerprint density at radius 3 is 2.48 bits per heavy atom. The summed E-state index contributed by atoms with van der Waals surface area (Å²) in [7, 11) is 0. The molecule has 0 bridgehead atoms. The number of benzene rings is 1. The van der Waals surface area contributed by atoms with Gasteiger partial charge in [0.1, 0.15) is 0 Å². The van der Waals surface area contributed by atoms with Crippen LogP contribution in [0.15, 0.2) is 54.9 Å². The van der Waals surface area contributed by atoms with E-state index < -0.39 is 0 Å². The van der Waals surface area contributed by atoms with Crippen molar-refractivity contribution in [1.29, 1.82) is 0 Å². The van der Waals surface area contributed by atoms with Crippen LogP contribution in [0.1, 0.15) is 57.1 Å². The lowest BCUT2D eigenvalue weighted by Gasteiger charge is -2.33. The highest BCUT2D eigenvalue weighted by Crippen LogP contribution is 2.31. The molecule has 0 aliphatic heterocycles. The zero-order valence-corrected chi connectivity index (χ0v) is 16.6. The molecule has 1 aromatic carbocycles. The maximum Gasteiger partial charge on any atom is 0.173 e. The minimum Gasteiger partial charge on any atom is -0.286 e. The van der Waals surface area contributed by atoms with Crippen LogP contribution in [0.2, 0.25) is 0 Å². The molecule has 3 rings (SSSR count). The lowest BCUT2D eigenvalue weighted by atomic mass is 10.00. The summed E-state index contributed by atoms with van der Waals surface area (Å²) >= 11 is 0. The van der Waals surface area contributed by atoms with Crippen LogP contribution in [0.5, 0.6) is 0 Å². The fourth-order valence-corrected chi connectivity index (χ4v) is 3.21. The number of rotatable bonds is 8. The van der Waals surface area contributed by atoms with E-state index in [0.717, 1.165) is 30.9 Å². The average Bonchev–Trinajstić information content (AvgIpc) is 3.19. The second-order valence-electron chi connectivity index (χ2n) is 7.35. The summed E-state index contributed by atoms with van der Waals surface area (Å²) in [6.45, 7) is 10.4. The molecule has 0 unspecified atom stereocenters. The topological polar surface area (TPSA) is 59.7 Å². The van der Waals surface area contributed by atoms with Crippen molar-refractivity contribution >= 4 is 0 Å². The maximum absolute atomic E-state index is 4.45. The van der Waals surface area contributed by atoms with Gasteiger partial charge in [0.25, 0.3) is 0 Å². The highest BCUT2D eigenvalue weighted by Gasteiger charge is 2.32. The van der Waals surface area contributed by atoms with Crippen molar-refractivity contribution in [2.75, 3.05) is 6.54 Å². The molecule has 2 aromatic heterocycles. The van der Waals surface area contributed by atoms with Gasteiger partial charge in [-0.25, -0.2) is 4.68 Å². The molecule has 6 nitrogen and oxygen atoms in total. The van der Waals surface area contributed by atoms with E-state index in [2.05, 4.69) is 83.4 Å². The molecule has 2 heterocycles. The Hall–Kier alpha value is -2.60. The third-order valence-electron chi connectivity index (χ3n) is 5.18. The van der Waals surface area contributed by atoms with Gasteiger partial charge in [0.15, 0.2) is 5.82 Å². The Balaban J connectivity index is 2.06. The van der Waals surface area contributed by atoms with Crippen LogP contribution >= 0.6 is 0 Å². The van der Waals surface area contributed by atoms with Gasteiger partial charge in [-0.2, -0.15) is 0 Å². The van der Waals surface area contributed by atoms with Gasteiger partial charge in [-0.1, -0.05) is 50.2 Å². The Bertz CT molecular complexity index is 828. The Kier molecular flexibility index (Phi) is 5.96. The molecule has 0 N–H and O–H groups in total. The number of aromatic nitrogens is 5. The van der Waals surface area contributed by atoms with Crippen LogP contribution in [0.3, 0.4) is 0 Å². The molecule has 0 aliphatic carbocycles. The summed E-state index contributed by atoms with van der Waals surface area (Å²) in [6, 6.07) is 14.5. The smallest absolute Gasteiger partial charge is 0.173 e. The monoisotopic (exact) mass is 364 g/mol. The molecular formula is C21H28N6. The minimum absolute atomic E-state index is 0.0651. The average molecular weight is 364 g/mol. The maximum atomic E-state index is 4.45. The molecule has 27 heavy (non-hydrogen) atoms. The Labute approximate surface area is 161 Å². The van der Waals surface area contributed by atoms with E-state index >= 15 is 0 Å². The van der Waals surface area contributed by atoms with Crippen LogP contribution in [-0.2, 0) is 12.1 Å². The molecule has 0 aliphatic rings. The van der Waals surface area contributed by atoms with Crippen LogP contribution in [0.4, 0.5) is 0 Å². The molecule has 142 valence electrons. The predicted octanol–water partition coefficient (Wildman–Crippen LogP) is 3.82. The third kappa shape index (κ3) is 4.22. The highest BCUT2D eigenvalue weighted by atomic mass is 15.6. The number of pyridine rings is 1. The highest BCUT2D eigenvalue weighted by molar-refractivity contribution is 5.23. The molecule has 3 aromatic rings. The summed E-state index contributed by atoms with van der Waals surface area (Å²) in [5.41, 5.74) is 2.20. The standard InChI is InChI=1S/C21H28N6/c1-5-21(3,4)27-20(23-24-25-27)19(18-13-10-14-22-15-18)26(6-2)16-17-11-8-7-9-12-17/h7-15,19H,5-6,16H2,1-4H3/t19-/m1/s1. The molecule has 0 saturated heterocycles. The summed E-state index contributed by atoms with van der Waals surface area (Å²) in [6.07, 6.45) is 4.65. The fraction of sp³-hybridized carbons (Fsp3) is 0.429. The van der Waals surface area contributed by atoms with E-state index in [1.54, 1.807) is 6.20 Å². The van der Waals surface area contributed by atoms with Crippen LogP contribution in [0.25, 0.3) is 0 Å². The lowest BCUT2D eigenvalue weighted by Crippen LogP contribution is -2.36. The van der Waals surface area contributed by atoms with Crippen molar-refractivity contribution in [2.45, 2.75) is 52.2 Å². The summed E-state index contributed by atoms with van der Waals surface area (Å²) < 4.78 is 1.97. The first-order valence-electron chi connectivity index (χ1n) is 9.53. The number of tetrazole rings is 1. The number of hydrogen-bond acceptors (Lipinski definition) is 5. The normalized spacial score (nSPS) is 13.1. The SMILES string of the molecule is CCN(Cc1ccccc1)[C@H](c1cccnc1)c1nnnn1C(C)(C)CC. The van der Waals surface area contributed by atoms with Crippen molar-refractivity contribution < 1.29 is 0 Å². The largest absolute Gasteiger partial charge is 0.286 e. The minimum atomic E-state index is -0.161. The van der Waals surface area contributed by atoms with Crippen molar-refractivity contribution in [3.63, 3.8) is 0 Å². The Morgan fingerprint density at radius 2 is 1.85 bits per heavy atom. The first kappa shape index (κ1) is 19.2. The third-order valence-corrected chi connectivity index (χ3v) is 5.18. The van der Waals surface area contributed by atoms with Crippen LogP contribution in [-0.4, -0.2) is 36.6 Å². The molecule has 6 heteroatoms. The molecular weight excluding hydrogens is 336 g/mol. The fourth-order valence-electron chi connectivity index (χ4n) is 3.21. The second-order valence-corrected chi connectivity index (χ2v) is 7.35. The van der Waals surface area contributed by atoms with Gasteiger partial charge >= 0.3 is 0 Å². The molecule has 0 spiro atoms. The summed E-state index contributed by atoms with van der Waals surface area (Å²) in [5.74, 6) is 0.854. The molecule has 0 amide bonds.